The number of para-hydroxylation sites is 1. The largest absolute Gasteiger partial charge is 0.327 e. The summed E-state index contributed by atoms with van der Waals surface area (Å²) in [5.74, 6) is 1.18. The Morgan fingerprint density at radius 3 is 2.93 bits per heavy atom. The minimum Gasteiger partial charge on any atom is -0.327 e. The Morgan fingerprint density at radius 1 is 1.53 bits per heavy atom. The number of nitrogens with zero attached hydrogens (tertiary/aromatic N) is 3. The van der Waals surface area contributed by atoms with Crippen molar-refractivity contribution in [2.24, 2.45) is 0 Å². The van der Waals surface area contributed by atoms with E-state index in [-0.39, 0.29) is 0 Å². The molecular formula is C11H10ClN3. The summed E-state index contributed by atoms with van der Waals surface area (Å²) in [6.45, 7) is 2.85. The lowest BCUT2D eigenvalue weighted by Gasteiger charge is -2.02. The highest BCUT2D eigenvalue weighted by molar-refractivity contribution is 6.16. The normalized spacial score (nSPS) is 10.5. The van der Waals surface area contributed by atoms with E-state index >= 15 is 0 Å². The fourth-order valence-electron chi connectivity index (χ4n) is 1.74. The maximum Gasteiger partial charge on any atom is 0.124 e. The lowest BCUT2D eigenvalue weighted by Crippen LogP contribution is -1.98. The highest BCUT2D eigenvalue weighted by atomic mass is 35.5. The van der Waals surface area contributed by atoms with Crippen LogP contribution in [0.3, 0.4) is 0 Å². The molecule has 76 valence electrons. The zero-order chi connectivity index (χ0) is 10.8. The predicted molar refractivity (Wildman–Crippen MR) is 59.7 cm³/mol. The first-order chi connectivity index (χ1) is 7.31. The summed E-state index contributed by atoms with van der Waals surface area (Å²) in [4.78, 5) is 4.38. The maximum absolute atomic E-state index is 8.95. The van der Waals surface area contributed by atoms with E-state index in [1.54, 1.807) is 6.07 Å². The zero-order valence-corrected chi connectivity index (χ0v) is 9.12. The smallest absolute Gasteiger partial charge is 0.124 e. The lowest BCUT2D eigenvalue weighted by molar-refractivity contribution is 0.747. The standard InChI is InChI=1S/C11H10ClN3/c1-2-15-9-5-3-4-8(7-13)11(9)14-10(15)6-12/h3-5H,2,6H2,1H3. The van der Waals surface area contributed by atoms with Gasteiger partial charge >= 0.3 is 0 Å². The zero-order valence-electron chi connectivity index (χ0n) is 8.37. The van der Waals surface area contributed by atoms with Crippen LogP contribution in [-0.2, 0) is 12.4 Å². The second-order valence-corrected chi connectivity index (χ2v) is 3.46. The van der Waals surface area contributed by atoms with Crippen LogP contribution in [0.15, 0.2) is 18.2 Å². The molecule has 0 bridgehead atoms. The van der Waals surface area contributed by atoms with Gasteiger partial charge in [0.2, 0.25) is 0 Å². The van der Waals surface area contributed by atoms with Crippen molar-refractivity contribution in [2.45, 2.75) is 19.3 Å². The first-order valence-corrected chi connectivity index (χ1v) is 5.29. The van der Waals surface area contributed by atoms with Gasteiger partial charge in [-0.2, -0.15) is 5.26 Å². The van der Waals surface area contributed by atoms with E-state index in [0.29, 0.717) is 11.4 Å². The summed E-state index contributed by atoms with van der Waals surface area (Å²) in [5.41, 5.74) is 2.33. The van der Waals surface area contributed by atoms with Gasteiger partial charge in [-0.1, -0.05) is 6.07 Å². The van der Waals surface area contributed by atoms with Crippen LogP contribution in [0.25, 0.3) is 11.0 Å². The second kappa shape index (κ2) is 3.92. The number of hydrogen-bond acceptors (Lipinski definition) is 2. The molecule has 0 atom stereocenters. The van der Waals surface area contributed by atoms with Crippen LogP contribution in [0.5, 0.6) is 0 Å². The number of fused-ring (bicyclic) bond motifs is 1. The molecule has 0 saturated carbocycles. The Labute approximate surface area is 92.9 Å². The molecule has 0 amide bonds. The van der Waals surface area contributed by atoms with E-state index < -0.39 is 0 Å². The third kappa shape index (κ3) is 1.47. The highest BCUT2D eigenvalue weighted by Crippen LogP contribution is 2.20. The number of aromatic nitrogens is 2. The van der Waals surface area contributed by atoms with E-state index in [1.807, 2.05) is 23.6 Å². The van der Waals surface area contributed by atoms with Crippen molar-refractivity contribution in [3.8, 4) is 6.07 Å². The molecule has 1 aromatic carbocycles. The summed E-state index contributed by atoms with van der Waals surface area (Å²) >= 11 is 5.81. The number of hydrogen-bond donors (Lipinski definition) is 0. The van der Waals surface area contributed by atoms with Crippen LogP contribution in [0, 0.1) is 11.3 Å². The average molecular weight is 220 g/mol. The van der Waals surface area contributed by atoms with Crippen LogP contribution in [0.4, 0.5) is 0 Å². The van der Waals surface area contributed by atoms with Gasteiger partial charge in [-0.15, -0.1) is 11.6 Å². The van der Waals surface area contributed by atoms with Gasteiger partial charge in [0.25, 0.3) is 0 Å². The molecule has 0 aliphatic heterocycles. The Morgan fingerprint density at radius 2 is 2.33 bits per heavy atom. The van der Waals surface area contributed by atoms with Crippen LogP contribution in [-0.4, -0.2) is 9.55 Å². The van der Waals surface area contributed by atoms with Crippen molar-refractivity contribution in [2.75, 3.05) is 0 Å². The first-order valence-electron chi connectivity index (χ1n) is 4.76. The van der Waals surface area contributed by atoms with Crippen molar-refractivity contribution in [1.29, 1.82) is 5.26 Å². The van der Waals surface area contributed by atoms with Crippen LogP contribution < -0.4 is 0 Å². The van der Waals surface area contributed by atoms with Gasteiger partial charge < -0.3 is 4.57 Å². The third-order valence-corrected chi connectivity index (χ3v) is 2.65. The molecule has 0 radical (unpaired) electrons. The molecule has 2 rings (SSSR count). The van der Waals surface area contributed by atoms with Gasteiger partial charge in [-0.3, -0.25) is 0 Å². The molecular weight excluding hydrogens is 210 g/mol. The SMILES string of the molecule is CCn1c(CCl)nc2c(C#N)cccc21. The number of halogens is 1. The van der Waals surface area contributed by atoms with Crippen molar-refractivity contribution in [3.05, 3.63) is 29.6 Å². The van der Waals surface area contributed by atoms with Crippen molar-refractivity contribution in [3.63, 3.8) is 0 Å². The second-order valence-electron chi connectivity index (χ2n) is 3.19. The number of imidazole rings is 1. The first kappa shape index (κ1) is 10.0. The Bertz CT molecular complexity index is 536. The molecule has 2 aromatic rings. The molecule has 0 unspecified atom stereocenters. The molecule has 1 heterocycles. The molecule has 0 saturated heterocycles. The van der Waals surface area contributed by atoms with Gasteiger partial charge in [0, 0.05) is 6.54 Å². The van der Waals surface area contributed by atoms with E-state index in [9.17, 15) is 0 Å². The molecule has 1 aromatic heterocycles. The Kier molecular flexibility index (Phi) is 2.61. The molecule has 0 aliphatic carbocycles. The van der Waals surface area contributed by atoms with Gasteiger partial charge in [-0.25, -0.2) is 4.98 Å². The van der Waals surface area contributed by atoms with Crippen LogP contribution in [0.1, 0.15) is 18.3 Å². The lowest BCUT2D eigenvalue weighted by atomic mass is 10.2. The topological polar surface area (TPSA) is 41.6 Å². The number of nitriles is 1. The third-order valence-electron chi connectivity index (χ3n) is 2.41. The molecule has 0 aliphatic rings. The molecule has 15 heavy (non-hydrogen) atoms. The van der Waals surface area contributed by atoms with Crippen molar-refractivity contribution >= 4 is 22.6 Å². The van der Waals surface area contributed by atoms with E-state index in [0.717, 1.165) is 23.4 Å². The summed E-state index contributed by atoms with van der Waals surface area (Å²) in [5, 5.41) is 8.95. The van der Waals surface area contributed by atoms with Gasteiger partial charge in [-0.05, 0) is 19.1 Å². The molecule has 0 spiro atoms. The molecule has 3 nitrogen and oxygen atoms in total. The summed E-state index contributed by atoms with van der Waals surface area (Å²) in [6, 6.07) is 7.74. The fraction of sp³-hybridized carbons (Fsp3) is 0.273. The number of alkyl halides is 1. The van der Waals surface area contributed by atoms with E-state index in [1.165, 1.54) is 0 Å². The summed E-state index contributed by atoms with van der Waals surface area (Å²) < 4.78 is 2.03. The number of rotatable bonds is 2. The van der Waals surface area contributed by atoms with Crippen LogP contribution in [0.2, 0.25) is 0 Å². The Balaban J connectivity index is 2.82. The van der Waals surface area contributed by atoms with Crippen molar-refractivity contribution < 1.29 is 0 Å². The number of aryl methyl sites for hydroxylation is 1. The summed E-state index contributed by atoms with van der Waals surface area (Å²) in [6.07, 6.45) is 0. The monoisotopic (exact) mass is 219 g/mol. The highest BCUT2D eigenvalue weighted by Gasteiger charge is 2.10. The minimum absolute atomic E-state index is 0.368. The van der Waals surface area contributed by atoms with Crippen molar-refractivity contribution in [1.82, 2.24) is 9.55 Å². The van der Waals surface area contributed by atoms with Gasteiger partial charge in [0.15, 0.2) is 0 Å². The quantitative estimate of drug-likeness (QED) is 0.729. The minimum atomic E-state index is 0.368. The average Bonchev–Trinajstić information content (AvgIpc) is 2.66. The molecule has 0 fully saturated rings. The number of benzene rings is 1. The molecule has 0 N–H and O–H groups in total. The van der Waals surface area contributed by atoms with E-state index in [2.05, 4.69) is 11.1 Å². The van der Waals surface area contributed by atoms with E-state index in [4.69, 9.17) is 16.9 Å². The predicted octanol–water partition coefficient (Wildman–Crippen LogP) is 2.67. The van der Waals surface area contributed by atoms with Gasteiger partial charge in [0.05, 0.1) is 17.0 Å². The summed E-state index contributed by atoms with van der Waals surface area (Å²) in [7, 11) is 0. The van der Waals surface area contributed by atoms with Crippen LogP contribution >= 0.6 is 11.6 Å². The fourth-order valence-corrected chi connectivity index (χ4v) is 1.94. The molecule has 4 heteroatoms. The Hall–Kier alpha value is -1.53. The maximum atomic E-state index is 8.95. The van der Waals surface area contributed by atoms with Gasteiger partial charge in [0.1, 0.15) is 17.4 Å².